The summed E-state index contributed by atoms with van der Waals surface area (Å²) in [6.07, 6.45) is 4.37. The number of aromatic nitrogens is 3. The van der Waals surface area contributed by atoms with Gasteiger partial charge in [-0.2, -0.15) is 0 Å². The number of ether oxygens (including phenoxy) is 3. The number of hydrogen-bond acceptors (Lipinski definition) is 8. The van der Waals surface area contributed by atoms with Gasteiger partial charge in [-0.25, -0.2) is 14.8 Å². The van der Waals surface area contributed by atoms with E-state index < -0.39 is 6.16 Å². The molecule has 1 aliphatic rings. The van der Waals surface area contributed by atoms with E-state index in [-0.39, 0.29) is 25.0 Å². The Bertz CT molecular complexity index is 732. The normalized spacial score (nSPS) is 20.3. The largest absolute Gasteiger partial charge is 0.510 e. The Hall–Kier alpha value is -2.39. The number of hydrogen-bond donors (Lipinski definition) is 3. The molecule has 2 unspecified atom stereocenters. The molecule has 0 spiro atoms. The Morgan fingerprint density at radius 3 is 3.04 bits per heavy atom. The van der Waals surface area contributed by atoms with Gasteiger partial charge in [0.25, 0.3) is 0 Å². The van der Waals surface area contributed by atoms with Gasteiger partial charge in [0.05, 0.1) is 18.2 Å². The molecule has 25 heavy (non-hydrogen) atoms. The van der Waals surface area contributed by atoms with Gasteiger partial charge in [0, 0.05) is 23.8 Å². The third-order valence-corrected chi connectivity index (χ3v) is 4.05. The highest BCUT2D eigenvalue weighted by Crippen LogP contribution is 2.31. The quantitative estimate of drug-likeness (QED) is 0.410. The average molecular weight is 349 g/mol. The molecule has 4 N–H and O–H groups in total. The van der Waals surface area contributed by atoms with Gasteiger partial charge in [0.2, 0.25) is 0 Å². The summed E-state index contributed by atoms with van der Waals surface area (Å²) in [6, 6.07) is 0.349. The van der Waals surface area contributed by atoms with Crippen molar-refractivity contribution < 1.29 is 19.0 Å². The number of aromatic amines is 1. The van der Waals surface area contributed by atoms with E-state index in [1.165, 1.54) is 6.33 Å². The van der Waals surface area contributed by atoms with Crippen LogP contribution >= 0.6 is 0 Å². The molecule has 1 fully saturated rings. The van der Waals surface area contributed by atoms with E-state index in [0.717, 1.165) is 29.4 Å². The highest BCUT2D eigenvalue weighted by atomic mass is 16.8. The maximum absolute atomic E-state index is 11.2. The molecule has 2 aromatic rings. The average Bonchev–Trinajstić information content (AvgIpc) is 3.18. The molecule has 0 aromatic carbocycles. The molecule has 0 radical (unpaired) electrons. The Morgan fingerprint density at radius 1 is 1.40 bits per heavy atom. The molecule has 2 atom stereocenters. The number of nitrogen functional groups attached to an aromatic ring is 1. The summed E-state index contributed by atoms with van der Waals surface area (Å²) in [5.74, 6) is 0.444. The number of H-pyrrole nitrogens is 1. The van der Waals surface area contributed by atoms with E-state index >= 15 is 0 Å². The van der Waals surface area contributed by atoms with Crippen molar-refractivity contribution in [3.05, 3.63) is 18.1 Å². The first-order valence-electron chi connectivity index (χ1n) is 8.29. The van der Waals surface area contributed by atoms with Crippen molar-refractivity contribution in [3.8, 4) is 0 Å². The Labute approximate surface area is 145 Å². The molecule has 9 heteroatoms. The molecule has 2 aromatic heterocycles. The van der Waals surface area contributed by atoms with Crippen LogP contribution in [-0.4, -0.2) is 46.7 Å². The lowest BCUT2D eigenvalue weighted by atomic mass is 10.1. The number of anilines is 1. The monoisotopic (exact) mass is 349 g/mol. The maximum atomic E-state index is 11.2. The summed E-state index contributed by atoms with van der Waals surface area (Å²) in [7, 11) is 0. The van der Waals surface area contributed by atoms with Gasteiger partial charge in [0.15, 0.2) is 12.6 Å². The van der Waals surface area contributed by atoms with E-state index in [0.29, 0.717) is 12.4 Å². The number of fused-ring (bicyclic) bond motifs is 1. The fraction of sp³-hybridized carbons (Fsp3) is 0.562. The van der Waals surface area contributed by atoms with Gasteiger partial charge >= 0.3 is 6.16 Å². The predicted molar refractivity (Wildman–Crippen MR) is 90.7 cm³/mol. The van der Waals surface area contributed by atoms with Crippen molar-refractivity contribution in [2.24, 2.45) is 0 Å². The van der Waals surface area contributed by atoms with E-state index in [4.69, 9.17) is 19.9 Å². The van der Waals surface area contributed by atoms with Gasteiger partial charge in [0.1, 0.15) is 11.8 Å². The van der Waals surface area contributed by atoms with Crippen LogP contribution in [0.15, 0.2) is 12.5 Å². The first-order valence-corrected chi connectivity index (χ1v) is 8.29. The molecule has 0 amide bonds. The van der Waals surface area contributed by atoms with Crippen molar-refractivity contribution in [3.63, 3.8) is 0 Å². The number of carbonyl (C=O) groups excluding carboxylic acids is 1. The first-order chi connectivity index (χ1) is 12.0. The predicted octanol–water partition coefficient (Wildman–Crippen LogP) is 1.87. The summed E-state index contributed by atoms with van der Waals surface area (Å²) in [4.78, 5) is 22.7. The first kappa shape index (κ1) is 17.4. The van der Waals surface area contributed by atoms with Crippen LogP contribution in [0.1, 0.15) is 38.3 Å². The van der Waals surface area contributed by atoms with Crippen LogP contribution in [0.25, 0.3) is 11.0 Å². The molecule has 0 saturated carbocycles. The van der Waals surface area contributed by atoms with Crippen molar-refractivity contribution in [2.45, 2.75) is 44.9 Å². The number of rotatable bonds is 6. The van der Waals surface area contributed by atoms with Crippen LogP contribution in [0.5, 0.6) is 0 Å². The van der Waals surface area contributed by atoms with Crippen LogP contribution in [-0.2, 0) is 14.2 Å². The lowest BCUT2D eigenvalue weighted by molar-refractivity contribution is -0.0557. The lowest BCUT2D eigenvalue weighted by Crippen LogP contribution is -2.29. The smallest absolute Gasteiger partial charge is 0.432 e. The van der Waals surface area contributed by atoms with Gasteiger partial charge in [-0.1, -0.05) is 0 Å². The summed E-state index contributed by atoms with van der Waals surface area (Å²) in [5, 5.41) is 3.51. The lowest BCUT2D eigenvalue weighted by Gasteiger charge is -2.14. The van der Waals surface area contributed by atoms with Crippen LogP contribution in [0.2, 0.25) is 0 Å². The number of nitrogens with zero attached hydrogens (tertiary/aromatic N) is 2. The fourth-order valence-electron chi connectivity index (χ4n) is 2.95. The third-order valence-electron chi connectivity index (χ3n) is 4.05. The second-order valence-electron chi connectivity index (χ2n) is 6.27. The highest BCUT2D eigenvalue weighted by molar-refractivity contribution is 5.87. The van der Waals surface area contributed by atoms with E-state index in [1.54, 1.807) is 13.8 Å². The Morgan fingerprint density at radius 2 is 2.24 bits per heavy atom. The summed E-state index contributed by atoms with van der Waals surface area (Å²) in [5.41, 5.74) is 8.53. The zero-order valence-corrected chi connectivity index (χ0v) is 14.3. The molecular formula is C16H23N5O4. The summed E-state index contributed by atoms with van der Waals surface area (Å²) >= 11 is 0. The van der Waals surface area contributed by atoms with E-state index in [9.17, 15) is 4.79 Å². The molecule has 1 saturated heterocycles. The zero-order chi connectivity index (χ0) is 17.8. The molecule has 3 rings (SSSR count). The molecule has 9 nitrogen and oxygen atoms in total. The second-order valence-corrected chi connectivity index (χ2v) is 6.27. The molecule has 0 bridgehead atoms. The van der Waals surface area contributed by atoms with E-state index in [2.05, 4.69) is 20.3 Å². The third kappa shape index (κ3) is 4.18. The minimum Gasteiger partial charge on any atom is -0.432 e. The SMILES string of the molecule is CC(C)OC(=O)OCOCC1CCC(c2c[nH]c3c(N)ncnc23)N1. The van der Waals surface area contributed by atoms with E-state index in [1.807, 2.05) is 6.20 Å². The summed E-state index contributed by atoms with van der Waals surface area (Å²) < 4.78 is 15.1. The zero-order valence-electron chi connectivity index (χ0n) is 14.3. The van der Waals surface area contributed by atoms with Crippen molar-refractivity contribution in [2.75, 3.05) is 19.1 Å². The molecule has 1 aliphatic heterocycles. The van der Waals surface area contributed by atoms with Gasteiger partial charge < -0.3 is 30.2 Å². The summed E-state index contributed by atoms with van der Waals surface area (Å²) in [6.45, 7) is 3.85. The second kappa shape index (κ2) is 7.66. The highest BCUT2D eigenvalue weighted by Gasteiger charge is 2.27. The standard InChI is InChI=1S/C16H23N5O4/c1-9(2)25-16(22)24-8-23-6-10-3-4-12(21-10)11-5-18-14-13(11)19-7-20-15(14)17/h5,7,9-10,12,18,21H,3-4,6,8H2,1-2H3,(H2,17,19,20). The van der Waals surface area contributed by atoms with Crippen LogP contribution in [0.3, 0.4) is 0 Å². The molecule has 0 aliphatic carbocycles. The minimum absolute atomic E-state index is 0.120. The fourth-order valence-corrected chi connectivity index (χ4v) is 2.95. The van der Waals surface area contributed by atoms with Crippen molar-refractivity contribution in [1.82, 2.24) is 20.3 Å². The molecule has 3 heterocycles. The molecular weight excluding hydrogens is 326 g/mol. The van der Waals surface area contributed by atoms with Gasteiger partial charge in [-0.3, -0.25) is 0 Å². The Balaban J connectivity index is 1.47. The number of nitrogens with one attached hydrogen (secondary N) is 2. The van der Waals surface area contributed by atoms with Gasteiger partial charge in [-0.05, 0) is 26.7 Å². The van der Waals surface area contributed by atoms with Crippen molar-refractivity contribution in [1.29, 1.82) is 0 Å². The minimum atomic E-state index is -0.719. The van der Waals surface area contributed by atoms with Gasteiger partial charge in [-0.15, -0.1) is 0 Å². The number of carbonyl (C=O) groups is 1. The van der Waals surface area contributed by atoms with Crippen molar-refractivity contribution >= 4 is 23.0 Å². The molecule has 136 valence electrons. The topological polar surface area (TPSA) is 124 Å². The maximum Gasteiger partial charge on any atom is 0.510 e. The Kier molecular flexibility index (Phi) is 5.34. The number of nitrogens with two attached hydrogens (primary N) is 1. The van der Waals surface area contributed by atoms with Crippen LogP contribution < -0.4 is 11.1 Å². The van der Waals surface area contributed by atoms with Crippen LogP contribution in [0, 0.1) is 0 Å². The van der Waals surface area contributed by atoms with Crippen LogP contribution in [0.4, 0.5) is 10.6 Å².